The van der Waals surface area contributed by atoms with Crippen LogP contribution in [0.3, 0.4) is 0 Å². The van der Waals surface area contributed by atoms with Crippen molar-refractivity contribution in [1.29, 1.82) is 0 Å². The van der Waals surface area contributed by atoms with Crippen LogP contribution in [0.4, 0.5) is 5.69 Å². The molecule has 0 saturated heterocycles. The van der Waals surface area contributed by atoms with Gasteiger partial charge in [-0.25, -0.2) is 0 Å². The lowest BCUT2D eigenvalue weighted by Crippen LogP contribution is -2.01. The number of nitrogens with one attached hydrogen (secondary N) is 1. The average molecular weight is 330 g/mol. The van der Waals surface area contributed by atoms with Gasteiger partial charge in [0.2, 0.25) is 0 Å². The molecule has 0 atom stereocenters. The van der Waals surface area contributed by atoms with Crippen molar-refractivity contribution in [1.82, 2.24) is 14.6 Å². The van der Waals surface area contributed by atoms with Crippen LogP contribution in [0.5, 0.6) is 5.75 Å². The largest absolute Gasteiger partial charge is 0.489 e. The fourth-order valence-corrected chi connectivity index (χ4v) is 2.62. The quantitative estimate of drug-likeness (QED) is 0.582. The number of anilines is 1. The molecule has 1 N–H and O–H groups in total. The highest BCUT2D eigenvalue weighted by molar-refractivity contribution is 5.53. The van der Waals surface area contributed by atoms with Crippen molar-refractivity contribution in [2.75, 3.05) is 5.32 Å². The molecule has 0 amide bonds. The highest BCUT2D eigenvalue weighted by atomic mass is 16.5. The van der Waals surface area contributed by atoms with Gasteiger partial charge in [0.15, 0.2) is 5.65 Å². The van der Waals surface area contributed by atoms with Gasteiger partial charge in [0, 0.05) is 24.5 Å². The molecular weight excluding hydrogens is 312 g/mol. The van der Waals surface area contributed by atoms with Crippen LogP contribution in [0.25, 0.3) is 5.65 Å². The van der Waals surface area contributed by atoms with Crippen LogP contribution in [0.1, 0.15) is 11.1 Å². The summed E-state index contributed by atoms with van der Waals surface area (Å²) in [7, 11) is 0. The molecule has 0 aliphatic carbocycles. The molecule has 0 unspecified atom stereocenters. The normalized spacial score (nSPS) is 10.7. The van der Waals surface area contributed by atoms with Crippen LogP contribution in [-0.4, -0.2) is 14.6 Å². The summed E-state index contributed by atoms with van der Waals surface area (Å²) in [6.07, 6.45) is 3.63. The second kappa shape index (κ2) is 7.05. The van der Waals surface area contributed by atoms with E-state index < -0.39 is 0 Å². The number of fused-ring (bicyclic) bond motifs is 1. The summed E-state index contributed by atoms with van der Waals surface area (Å²) in [5.74, 6) is 0.871. The Morgan fingerprint density at radius 3 is 2.72 bits per heavy atom. The molecule has 5 nitrogen and oxygen atoms in total. The van der Waals surface area contributed by atoms with Gasteiger partial charge >= 0.3 is 0 Å². The molecule has 0 saturated carbocycles. The standard InChI is InChI=1S/C20H18N4O/c1-2-5-16(6-3-1)14-25-19-8-4-7-17(11-19)13-21-18-9-10-24-15-22-23-20(24)12-18/h1-12,15,21H,13-14H2. The fourth-order valence-electron chi connectivity index (χ4n) is 2.62. The lowest BCUT2D eigenvalue weighted by molar-refractivity contribution is 0.306. The van der Waals surface area contributed by atoms with Gasteiger partial charge in [-0.1, -0.05) is 42.5 Å². The molecule has 4 aromatic rings. The number of rotatable bonds is 6. The summed E-state index contributed by atoms with van der Waals surface area (Å²) in [5, 5.41) is 11.3. The van der Waals surface area contributed by atoms with Gasteiger partial charge in [-0.05, 0) is 29.3 Å². The Bertz CT molecular complexity index is 966. The van der Waals surface area contributed by atoms with E-state index in [1.165, 1.54) is 0 Å². The van der Waals surface area contributed by atoms with E-state index in [0.29, 0.717) is 13.2 Å². The average Bonchev–Trinajstić information content (AvgIpc) is 3.14. The molecule has 2 aromatic carbocycles. The Labute approximate surface area is 145 Å². The Morgan fingerprint density at radius 2 is 1.80 bits per heavy atom. The maximum Gasteiger partial charge on any atom is 0.162 e. The number of benzene rings is 2. The van der Waals surface area contributed by atoms with Crippen molar-refractivity contribution in [2.24, 2.45) is 0 Å². The SMILES string of the molecule is c1ccc(COc2cccc(CNc3ccn4cnnc4c3)c2)cc1. The summed E-state index contributed by atoms with van der Waals surface area (Å²) in [6.45, 7) is 1.29. The van der Waals surface area contributed by atoms with Crippen molar-refractivity contribution in [3.63, 3.8) is 0 Å². The Morgan fingerprint density at radius 1 is 0.920 bits per heavy atom. The lowest BCUT2D eigenvalue weighted by atomic mass is 10.2. The minimum atomic E-state index is 0.571. The lowest BCUT2D eigenvalue weighted by Gasteiger charge is -2.10. The molecule has 25 heavy (non-hydrogen) atoms. The van der Waals surface area contributed by atoms with Crippen LogP contribution < -0.4 is 10.1 Å². The zero-order chi connectivity index (χ0) is 16.9. The maximum atomic E-state index is 5.88. The molecule has 0 bridgehead atoms. The first-order valence-electron chi connectivity index (χ1n) is 8.16. The summed E-state index contributed by atoms with van der Waals surface area (Å²) in [5.41, 5.74) is 4.15. The Hall–Kier alpha value is -3.34. The molecule has 0 spiro atoms. The van der Waals surface area contributed by atoms with Crippen molar-refractivity contribution >= 4 is 11.3 Å². The predicted molar refractivity (Wildman–Crippen MR) is 97.5 cm³/mol. The van der Waals surface area contributed by atoms with Gasteiger partial charge in [0.1, 0.15) is 18.7 Å². The van der Waals surface area contributed by atoms with Gasteiger partial charge < -0.3 is 10.1 Å². The molecule has 0 fully saturated rings. The monoisotopic (exact) mass is 330 g/mol. The van der Waals surface area contributed by atoms with E-state index in [4.69, 9.17) is 4.74 Å². The second-order valence-corrected chi connectivity index (χ2v) is 5.79. The highest BCUT2D eigenvalue weighted by Gasteiger charge is 2.01. The summed E-state index contributed by atoms with van der Waals surface area (Å²) in [6, 6.07) is 22.3. The van der Waals surface area contributed by atoms with E-state index in [0.717, 1.165) is 28.2 Å². The minimum absolute atomic E-state index is 0.571. The van der Waals surface area contributed by atoms with Gasteiger partial charge in [-0.3, -0.25) is 4.40 Å². The van der Waals surface area contributed by atoms with Gasteiger partial charge in [-0.15, -0.1) is 10.2 Å². The zero-order valence-electron chi connectivity index (χ0n) is 13.7. The third kappa shape index (κ3) is 3.77. The number of ether oxygens (including phenoxy) is 1. The molecular formula is C20H18N4O. The van der Waals surface area contributed by atoms with E-state index in [1.807, 2.05) is 53.1 Å². The first-order valence-corrected chi connectivity index (χ1v) is 8.16. The van der Waals surface area contributed by atoms with Gasteiger partial charge in [-0.2, -0.15) is 0 Å². The molecule has 124 valence electrons. The molecule has 2 heterocycles. The predicted octanol–water partition coefficient (Wildman–Crippen LogP) is 3.92. The van der Waals surface area contributed by atoms with E-state index in [9.17, 15) is 0 Å². The van der Waals surface area contributed by atoms with Gasteiger partial charge in [0.25, 0.3) is 0 Å². The number of nitrogens with zero attached hydrogens (tertiary/aromatic N) is 3. The number of aromatic nitrogens is 3. The first kappa shape index (κ1) is 15.2. The third-order valence-electron chi connectivity index (χ3n) is 3.94. The Kier molecular flexibility index (Phi) is 4.29. The summed E-state index contributed by atoms with van der Waals surface area (Å²) >= 11 is 0. The zero-order valence-corrected chi connectivity index (χ0v) is 13.7. The van der Waals surface area contributed by atoms with Crippen LogP contribution in [0, 0.1) is 0 Å². The maximum absolute atomic E-state index is 5.88. The third-order valence-corrected chi connectivity index (χ3v) is 3.94. The van der Waals surface area contributed by atoms with Crippen LogP contribution in [-0.2, 0) is 13.2 Å². The summed E-state index contributed by atoms with van der Waals surface area (Å²) < 4.78 is 7.76. The summed E-state index contributed by atoms with van der Waals surface area (Å²) in [4.78, 5) is 0. The van der Waals surface area contributed by atoms with Crippen molar-refractivity contribution in [3.05, 3.63) is 90.4 Å². The molecule has 5 heteroatoms. The van der Waals surface area contributed by atoms with Gasteiger partial charge in [0.05, 0.1) is 0 Å². The molecule has 2 aromatic heterocycles. The number of hydrogen-bond donors (Lipinski definition) is 1. The van der Waals surface area contributed by atoms with E-state index in [2.05, 4.69) is 39.8 Å². The van der Waals surface area contributed by atoms with Crippen molar-refractivity contribution in [2.45, 2.75) is 13.2 Å². The molecule has 0 aliphatic heterocycles. The van der Waals surface area contributed by atoms with E-state index >= 15 is 0 Å². The van der Waals surface area contributed by atoms with E-state index in [-0.39, 0.29) is 0 Å². The van der Waals surface area contributed by atoms with Crippen molar-refractivity contribution < 1.29 is 4.74 Å². The van der Waals surface area contributed by atoms with Crippen LogP contribution in [0.15, 0.2) is 79.3 Å². The Balaban J connectivity index is 1.39. The topological polar surface area (TPSA) is 51.5 Å². The van der Waals surface area contributed by atoms with Crippen LogP contribution in [0.2, 0.25) is 0 Å². The first-order chi connectivity index (χ1) is 12.4. The second-order valence-electron chi connectivity index (χ2n) is 5.79. The molecule has 0 radical (unpaired) electrons. The van der Waals surface area contributed by atoms with Crippen molar-refractivity contribution in [3.8, 4) is 5.75 Å². The smallest absolute Gasteiger partial charge is 0.162 e. The highest BCUT2D eigenvalue weighted by Crippen LogP contribution is 2.17. The van der Waals surface area contributed by atoms with E-state index in [1.54, 1.807) is 6.33 Å². The fraction of sp³-hybridized carbons (Fsp3) is 0.100. The van der Waals surface area contributed by atoms with Crippen LogP contribution >= 0.6 is 0 Å². The number of hydrogen-bond acceptors (Lipinski definition) is 4. The molecule has 4 rings (SSSR count). The minimum Gasteiger partial charge on any atom is -0.489 e. The molecule has 0 aliphatic rings. The number of pyridine rings is 1.